The average molecular weight is 331 g/mol. The first kappa shape index (κ1) is 15.4. The highest BCUT2D eigenvalue weighted by Crippen LogP contribution is 2.37. The maximum absolute atomic E-state index is 5.85. The van der Waals surface area contributed by atoms with Gasteiger partial charge in [0, 0.05) is 29.3 Å². The zero-order valence-electron chi connectivity index (χ0n) is 13.0. The lowest BCUT2D eigenvalue weighted by Gasteiger charge is -2.13. The van der Waals surface area contributed by atoms with Crippen LogP contribution in [0.2, 0.25) is 5.28 Å². The molecule has 0 saturated carbocycles. The van der Waals surface area contributed by atoms with E-state index >= 15 is 0 Å². The Labute approximate surface area is 138 Å². The zero-order valence-corrected chi connectivity index (χ0v) is 13.7. The SMILES string of the molecule is COc1cc(OC)cc(-c2cc3cnc(Cl)nc3cc2OC)c1. The zero-order chi connectivity index (χ0) is 16.4. The highest BCUT2D eigenvalue weighted by Gasteiger charge is 2.12. The molecule has 0 bridgehead atoms. The Kier molecular flexibility index (Phi) is 4.21. The number of ether oxygens (including phenoxy) is 3. The molecule has 0 unspecified atom stereocenters. The normalized spacial score (nSPS) is 10.6. The molecule has 118 valence electrons. The second kappa shape index (κ2) is 6.30. The summed E-state index contributed by atoms with van der Waals surface area (Å²) in [6, 6.07) is 9.45. The topological polar surface area (TPSA) is 53.5 Å². The van der Waals surface area contributed by atoms with Crippen molar-refractivity contribution in [3.05, 3.63) is 41.8 Å². The third-order valence-electron chi connectivity index (χ3n) is 3.53. The van der Waals surface area contributed by atoms with Gasteiger partial charge in [-0.2, -0.15) is 0 Å². The summed E-state index contributed by atoms with van der Waals surface area (Å²) in [5, 5.41) is 1.07. The van der Waals surface area contributed by atoms with E-state index in [1.54, 1.807) is 27.5 Å². The molecule has 0 radical (unpaired) electrons. The Morgan fingerprint density at radius 2 is 1.57 bits per heavy atom. The van der Waals surface area contributed by atoms with Gasteiger partial charge in [-0.15, -0.1) is 0 Å². The van der Waals surface area contributed by atoms with Crippen molar-refractivity contribution in [3.63, 3.8) is 0 Å². The Morgan fingerprint density at radius 3 is 2.17 bits per heavy atom. The number of rotatable bonds is 4. The van der Waals surface area contributed by atoms with Crippen molar-refractivity contribution < 1.29 is 14.2 Å². The molecule has 0 aliphatic rings. The van der Waals surface area contributed by atoms with Crippen molar-refractivity contribution in [1.29, 1.82) is 0 Å². The number of halogens is 1. The Bertz CT molecular complexity index is 846. The predicted molar refractivity (Wildman–Crippen MR) is 89.6 cm³/mol. The highest BCUT2D eigenvalue weighted by molar-refractivity contribution is 6.28. The van der Waals surface area contributed by atoms with Crippen molar-refractivity contribution in [2.45, 2.75) is 0 Å². The molecule has 23 heavy (non-hydrogen) atoms. The van der Waals surface area contributed by atoms with Crippen molar-refractivity contribution in [1.82, 2.24) is 9.97 Å². The Morgan fingerprint density at radius 1 is 0.870 bits per heavy atom. The molecule has 1 heterocycles. The van der Waals surface area contributed by atoms with Crippen LogP contribution in [0.4, 0.5) is 0 Å². The molecule has 5 nitrogen and oxygen atoms in total. The summed E-state index contributed by atoms with van der Waals surface area (Å²) in [6.07, 6.45) is 1.69. The fourth-order valence-corrected chi connectivity index (χ4v) is 2.53. The largest absolute Gasteiger partial charge is 0.497 e. The van der Waals surface area contributed by atoms with E-state index in [0.29, 0.717) is 17.2 Å². The minimum absolute atomic E-state index is 0.204. The van der Waals surface area contributed by atoms with Crippen LogP contribution in [0.5, 0.6) is 17.2 Å². The van der Waals surface area contributed by atoms with Gasteiger partial charge in [0.1, 0.15) is 17.2 Å². The smallest absolute Gasteiger partial charge is 0.222 e. The van der Waals surface area contributed by atoms with Crippen LogP contribution in [-0.4, -0.2) is 31.3 Å². The fourth-order valence-electron chi connectivity index (χ4n) is 2.39. The number of benzene rings is 2. The molecule has 0 N–H and O–H groups in total. The second-order valence-corrected chi connectivity index (χ2v) is 5.19. The molecule has 0 spiro atoms. The van der Waals surface area contributed by atoms with Crippen molar-refractivity contribution in [2.24, 2.45) is 0 Å². The van der Waals surface area contributed by atoms with Gasteiger partial charge in [-0.25, -0.2) is 9.97 Å². The van der Waals surface area contributed by atoms with Crippen molar-refractivity contribution in [2.75, 3.05) is 21.3 Å². The number of hydrogen-bond acceptors (Lipinski definition) is 5. The summed E-state index contributed by atoms with van der Waals surface area (Å²) in [5.41, 5.74) is 2.53. The summed E-state index contributed by atoms with van der Waals surface area (Å²) in [4.78, 5) is 8.24. The molecular formula is C17H15ClN2O3. The van der Waals surface area contributed by atoms with Crippen LogP contribution in [0, 0.1) is 0 Å². The van der Waals surface area contributed by atoms with E-state index in [9.17, 15) is 0 Å². The van der Waals surface area contributed by atoms with Gasteiger partial charge in [-0.1, -0.05) is 0 Å². The highest BCUT2D eigenvalue weighted by atomic mass is 35.5. The summed E-state index contributed by atoms with van der Waals surface area (Å²) in [6.45, 7) is 0. The van der Waals surface area contributed by atoms with Crippen LogP contribution >= 0.6 is 11.6 Å². The maximum Gasteiger partial charge on any atom is 0.222 e. The number of nitrogens with zero attached hydrogens (tertiary/aromatic N) is 2. The lowest BCUT2D eigenvalue weighted by molar-refractivity contribution is 0.394. The minimum atomic E-state index is 0.204. The van der Waals surface area contributed by atoms with E-state index in [4.69, 9.17) is 25.8 Å². The molecule has 0 aliphatic carbocycles. The van der Waals surface area contributed by atoms with Crippen LogP contribution in [0.3, 0.4) is 0 Å². The number of aromatic nitrogens is 2. The molecule has 1 aromatic heterocycles. The molecular weight excluding hydrogens is 316 g/mol. The lowest BCUT2D eigenvalue weighted by Crippen LogP contribution is -1.93. The standard InChI is InChI=1S/C17H15ClN2O3/c1-21-12-4-10(5-13(7-12)22-2)14-6-11-9-19-17(18)20-15(11)8-16(14)23-3/h4-9H,1-3H3. The molecule has 0 fully saturated rings. The van der Waals surface area contributed by atoms with E-state index < -0.39 is 0 Å². The maximum atomic E-state index is 5.85. The van der Waals surface area contributed by atoms with Gasteiger partial charge in [0.15, 0.2) is 0 Å². The van der Waals surface area contributed by atoms with E-state index in [2.05, 4.69) is 9.97 Å². The first-order valence-corrected chi connectivity index (χ1v) is 7.26. The quantitative estimate of drug-likeness (QED) is 0.677. The number of hydrogen-bond donors (Lipinski definition) is 0. The molecule has 3 aromatic rings. The van der Waals surface area contributed by atoms with Crippen LogP contribution in [0.1, 0.15) is 0 Å². The molecule has 0 atom stereocenters. The molecule has 2 aromatic carbocycles. The third-order valence-corrected chi connectivity index (χ3v) is 3.72. The second-order valence-electron chi connectivity index (χ2n) is 4.85. The van der Waals surface area contributed by atoms with Crippen LogP contribution < -0.4 is 14.2 Å². The first-order valence-electron chi connectivity index (χ1n) is 6.88. The van der Waals surface area contributed by atoms with Gasteiger partial charge in [0.05, 0.1) is 26.8 Å². The van der Waals surface area contributed by atoms with Crippen molar-refractivity contribution >= 4 is 22.5 Å². The van der Waals surface area contributed by atoms with E-state index in [1.165, 1.54) is 0 Å². The lowest BCUT2D eigenvalue weighted by atomic mass is 10.0. The van der Waals surface area contributed by atoms with Gasteiger partial charge in [0.2, 0.25) is 5.28 Å². The molecule has 6 heteroatoms. The average Bonchev–Trinajstić information content (AvgIpc) is 2.59. The molecule has 0 saturated heterocycles. The molecule has 0 aliphatic heterocycles. The summed E-state index contributed by atoms with van der Waals surface area (Å²) in [7, 11) is 4.85. The van der Waals surface area contributed by atoms with Crippen LogP contribution in [0.25, 0.3) is 22.0 Å². The predicted octanol–water partition coefficient (Wildman–Crippen LogP) is 3.98. The van der Waals surface area contributed by atoms with E-state index in [1.807, 2.05) is 30.3 Å². The third kappa shape index (κ3) is 3.00. The first-order chi connectivity index (χ1) is 11.1. The number of methoxy groups -OCH3 is 3. The van der Waals surface area contributed by atoms with Gasteiger partial charge in [0.25, 0.3) is 0 Å². The van der Waals surface area contributed by atoms with Gasteiger partial charge in [-0.05, 0) is 35.4 Å². The number of fused-ring (bicyclic) bond motifs is 1. The minimum Gasteiger partial charge on any atom is -0.497 e. The Balaban J connectivity index is 2.24. The molecule has 0 amide bonds. The monoisotopic (exact) mass is 330 g/mol. The van der Waals surface area contributed by atoms with E-state index in [-0.39, 0.29) is 5.28 Å². The fraction of sp³-hybridized carbons (Fsp3) is 0.176. The van der Waals surface area contributed by atoms with Gasteiger partial charge in [-0.3, -0.25) is 0 Å². The summed E-state index contributed by atoms with van der Waals surface area (Å²) >= 11 is 5.85. The van der Waals surface area contributed by atoms with Gasteiger partial charge >= 0.3 is 0 Å². The van der Waals surface area contributed by atoms with Crippen molar-refractivity contribution in [3.8, 4) is 28.4 Å². The summed E-state index contributed by atoms with van der Waals surface area (Å²) < 4.78 is 16.2. The summed E-state index contributed by atoms with van der Waals surface area (Å²) in [5.74, 6) is 2.09. The van der Waals surface area contributed by atoms with Crippen LogP contribution in [-0.2, 0) is 0 Å². The van der Waals surface area contributed by atoms with Crippen LogP contribution in [0.15, 0.2) is 36.5 Å². The van der Waals surface area contributed by atoms with Gasteiger partial charge < -0.3 is 14.2 Å². The Hall–Kier alpha value is -2.53. The van der Waals surface area contributed by atoms with E-state index in [0.717, 1.165) is 22.0 Å². The molecule has 3 rings (SSSR count).